The molecule has 1 N–H and O–H groups in total. The molecule has 8 nitrogen and oxygen atoms in total. The molecule has 8 heteroatoms. The summed E-state index contributed by atoms with van der Waals surface area (Å²) < 4.78 is 4.96. The van der Waals surface area contributed by atoms with E-state index in [1.807, 2.05) is 0 Å². The number of aryl methyl sites for hydroxylation is 1. The van der Waals surface area contributed by atoms with Gasteiger partial charge in [0.15, 0.2) is 5.82 Å². The van der Waals surface area contributed by atoms with Crippen LogP contribution in [0.4, 0.5) is 5.82 Å². The lowest BCUT2D eigenvalue weighted by atomic mass is 10.2. The van der Waals surface area contributed by atoms with E-state index in [0.29, 0.717) is 42.7 Å². The summed E-state index contributed by atoms with van der Waals surface area (Å²) in [4.78, 5) is 31.7. The molecule has 3 aliphatic rings. The third kappa shape index (κ3) is 4.91. The van der Waals surface area contributed by atoms with Crippen molar-refractivity contribution in [2.24, 2.45) is 0 Å². The minimum atomic E-state index is -0.0843. The zero-order valence-electron chi connectivity index (χ0n) is 16.7. The minimum absolute atomic E-state index is 0.0843. The lowest BCUT2D eigenvalue weighted by Crippen LogP contribution is -2.52. The van der Waals surface area contributed by atoms with E-state index in [4.69, 9.17) is 4.52 Å². The van der Waals surface area contributed by atoms with Gasteiger partial charge in [-0.25, -0.2) is 0 Å². The van der Waals surface area contributed by atoms with Crippen LogP contribution in [-0.2, 0) is 9.59 Å². The molecule has 0 bridgehead atoms. The lowest BCUT2D eigenvalue weighted by molar-refractivity contribution is -0.136. The largest absolute Gasteiger partial charge is 0.360 e. The van der Waals surface area contributed by atoms with Gasteiger partial charge < -0.3 is 14.7 Å². The average molecular weight is 390 g/mol. The monoisotopic (exact) mass is 389 g/mol. The molecule has 2 amide bonds. The fraction of sp³-hybridized carbons (Fsp3) is 0.750. The Balaban J connectivity index is 1.20. The number of nitrogens with one attached hydrogen (secondary N) is 1. The van der Waals surface area contributed by atoms with E-state index in [1.54, 1.807) is 13.0 Å². The maximum Gasteiger partial charge on any atom is 0.239 e. The molecule has 2 heterocycles. The normalized spacial score (nSPS) is 21.8. The van der Waals surface area contributed by atoms with E-state index < -0.39 is 0 Å². The molecular formula is C20H31N5O3. The molecule has 0 unspecified atom stereocenters. The summed E-state index contributed by atoms with van der Waals surface area (Å²) in [5.41, 5.74) is 0. The third-order valence-corrected chi connectivity index (χ3v) is 6.03. The lowest BCUT2D eigenvalue weighted by Gasteiger charge is -2.36. The Kier molecular flexibility index (Phi) is 5.96. The highest BCUT2D eigenvalue weighted by atomic mass is 16.5. The van der Waals surface area contributed by atoms with Gasteiger partial charge in [0.25, 0.3) is 0 Å². The van der Waals surface area contributed by atoms with Crippen molar-refractivity contribution in [2.45, 2.75) is 57.5 Å². The predicted octanol–water partition coefficient (Wildman–Crippen LogP) is 1.47. The van der Waals surface area contributed by atoms with Crippen LogP contribution in [0.2, 0.25) is 0 Å². The summed E-state index contributed by atoms with van der Waals surface area (Å²) in [5, 5.41) is 6.55. The Morgan fingerprint density at radius 3 is 2.25 bits per heavy atom. The van der Waals surface area contributed by atoms with E-state index in [1.165, 1.54) is 38.5 Å². The molecule has 0 atom stereocenters. The van der Waals surface area contributed by atoms with Gasteiger partial charge in [0.1, 0.15) is 5.76 Å². The topological polar surface area (TPSA) is 81.9 Å². The molecule has 4 rings (SSSR count). The van der Waals surface area contributed by atoms with E-state index in [-0.39, 0.29) is 5.91 Å². The zero-order chi connectivity index (χ0) is 19.5. The Hall–Kier alpha value is -1.93. The maximum absolute atomic E-state index is 12.9. The molecule has 0 spiro atoms. The van der Waals surface area contributed by atoms with Gasteiger partial charge in [-0.2, -0.15) is 0 Å². The Bertz CT molecular complexity index is 688. The summed E-state index contributed by atoms with van der Waals surface area (Å²) in [6.45, 7) is 5.89. The van der Waals surface area contributed by atoms with Crippen LogP contribution in [-0.4, -0.2) is 83.0 Å². The fourth-order valence-corrected chi connectivity index (χ4v) is 4.43. The summed E-state index contributed by atoms with van der Waals surface area (Å²) in [7, 11) is 0. The molecule has 0 aromatic carbocycles. The molecule has 1 aliphatic heterocycles. The maximum atomic E-state index is 12.9. The second kappa shape index (κ2) is 8.61. The number of amides is 2. The number of carbonyl (C=O) groups is 2. The zero-order valence-corrected chi connectivity index (χ0v) is 16.7. The van der Waals surface area contributed by atoms with Crippen molar-refractivity contribution in [3.05, 3.63) is 11.8 Å². The molecule has 2 saturated carbocycles. The molecule has 1 aromatic heterocycles. The predicted molar refractivity (Wildman–Crippen MR) is 105 cm³/mol. The number of aromatic nitrogens is 1. The molecule has 1 saturated heterocycles. The first kappa shape index (κ1) is 19.4. The Morgan fingerprint density at radius 1 is 1.07 bits per heavy atom. The van der Waals surface area contributed by atoms with Crippen molar-refractivity contribution in [2.75, 3.05) is 44.6 Å². The average Bonchev–Trinajstić information content (AvgIpc) is 3.17. The van der Waals surface area contributed by atoms with Crippen LogP contribution in [0, 0.1) is 6.92 Å². The quantitative estimate of drug-likeness (QED) is 0.761. The number of hydrogen-bond donors (Lipinski definition) is 1. The number of nitrogens with zero attached hydrogens (tertiary/aromatic N) is 4. The first-order valence-corrected chi connectivity index (χ1v) is 10.6. The first-order chi connectivity index (χ1) is 13.6. The second-order valence-electron chi connectivity index (χ2n) is 8.39. The van der Waals surface area contributed by atoms with Crippen LogP contribution in [0.25, 0.3) is 0 Å². The number of carbonyl (C=O) groups excluding carboxylic acids is 2. The molecule has 0 radical (unpaired) electrons. The van der Waals surface area contributed by atoms with E-state index in [2.05, 4.69) is 25.2 Å². The van der Waals surface area contributed by atoms with Crippen molar-refractivity contribution < 1.29 is 14.1 Å². The van der Waals surface area contributed by atoms with Crippen molar-refractivity contribution in [1.82, 2.24) is 19.9 Å². The van der Waals surface area contributed by atoms with Gasteiger partial charge >= 0.3 is 0 Å². The second-order valence-corrected chi connectivity index (χ2v) is 8.39. The van der Waals surface area contributed by atoms with E-state index in [9.17, 15) is 9.59 Å². The fourth-order valence-electron chi connectivity index (χ4n) is 4.43. The van der Waals surface area contributed by atoms with Crippen molar-refractivity contribution >= 4 is 17.6 Å². The van der Waals surface area contributed by atoms with Gasteiger partial charge in [-0.3, -0.25) is 19.4 Å². The number of anilines is 1. The smallest absolute Gasteiger partial charge is 0.239 e. The van der Waals surface area contributed by atoms with Gasteiger partial charge in [-0.15, -0.1) is 0 Å². The number of rotatable bonds is 7. The number of hydrogen-bond acceptors (Lipinski definition) is 6. The minimum Gasteiger partial charge on any atom is -0.360 e. The van der Waals surface area contributed by atoms with Crippen LogP contribution >= 0.6 is 0 Å². The summed E-state index contributed by atoms with van der Waals surface area (Å²) in [6, 6.07) is 2.68. The standard InChI is InChI=1S/C20H31N5O3/c1-15-12-18(22-28-15)21-19(26)13-23-8-10-24(11-9-23)14-20(27)25(17-6-7-17)16-4-2-3-5-16/h12,16-17H,2-11,13-14H2,1H3,(H,21,22,26). The highest BCUT2D eigenvalue weighted by molar-refractivity contribution is 5.91. The van der Waals surface area contributed by atoms with Crippen LogP contribution < -0.4 is 5.32 Å². The van der Waals surface area contributed by atoms with Crippen LogP contribution in [0.15, 0.2) is 10.6 Å². The highest BCUT2D eigenvalue weighted by Gasteiger charge is 2.38. The van der Waals surface area contributed by atoms with Gasteiger partial charge in [-0.1, -0.05) is 18.0 Å². The molecule has 1 aromatic rings. The third-order valence-electron chi connectivity index (χ3n) is 6.03. The summed E-state index contributed by atoms with van der Waals surface area (Å²) in [5.74, 6) is 1.35. The van der Waals surface area contributed by atoms with Crippen molar-refractivity contribution in [3.8, 4) is 0 Å². The first-order valence-electron chi connectivity index (χ1n) is 10.6. The Morgan fingerprint density at radius 2 is 1.68 bits per heavy atom. The molecular weight excluding hydrogens is 358 g/mol. The van der Waals surface area contributed by atoms with Crippen LogP contribution in [0.1, 0.15) is 44.3 Å². The van der Waals surface area contributed by atoms with E-state index >= 15 is 0 Å². The van der Waals surface area contributed by atoms with Gasteiger partial charge in [-0.05, 0) is 32.6 Å². The molecule has 3 fully saturated rings. The van der Waals surface area contributed by atoms with Gasteiger partial charge in [0.05, 0.1) is 13.1 Å². The van der Waals surface area contributed by atoms with Crippen LogP contribution in [0.3, 0.4) is 0 Å². The van der Waals surface area contributed by atoms with Crippen molar-refractivity contribution in [3.63, 3.8) is 0 Å². The van der Waals surface area contributed by atoms with E-state index in [0.717, 1.165) is 26.2 Å². The molecule has 2 aliphatic carbocycles. The van der Waals surface area contributed by atoms with Gasteiger partial charge in [0, 0.05) is 44.3 Å². The summed E-state index contributed by atoms with van der Waals surface area (Å²) in [6.07, 6.45) is 7.23. The summed E-state index contributed by atoms with van der Waals surface area (Å²) >= 11 is 0. The number of piperazine rings is 1. The molecule has 28 heavy (non-hydrogen) atoms. The van der Waals surface area contributed by atoms with Crippen molar-refractivity contribution in [1.29, 1.82) is 0 Å². The highest BCUT2D eigenvalue weighted by Crippen LogP contribution is 2.34. The van der Waals surface area contributed by atoms with Gasteiger partial charge in [0.2, 0.25) is 11.8 Å². The Labute approximate surface area is 166 Å². The molecule has 154 valence electrons. The SMILES string of the molecule is Cc1cc(NC(=O)CN2CCN(CC(=O)N(C3CCCC3)C3CC3)CC2)no1. The van der Waals surface area contributed by atoms with Crippen LogP contribution in [0.5, 0.6) is 0 Å².